The lowest BCUT2D eigenvalue weighted by Crippen LogP contribution is -2.10. The summed E-state index contributed by atoms with van der Waals surface area (Å²) in [5, 5.41) is 12.3. The van der Waals surface area contributed by atoms with Crippen LogP contribution in [0, 0.1) is 0 Å². The number of benzene rings is 1. The minimum absolute atomic E-state index is 0.0366. The average molecular weight is 206 g/mol. The van der Waals surface area contributed by atoms with Gasteiger partial charge in [-0.05, 0) is 31.0 Å². The first-order chi connectivity index (χ1) is 7.13. The SMILES string of the molecule is CCc1ccc(NN=C(C)C(=O)O)cc1. The lowest BCUT2D eigenvalue weighted by Gasteiger charge is -2.02. The van der Waals surface area contributed by atoms with Gasteiger partial charge in [0, 0.05) is 0 Å². The molecule has 1 rings (SSSR count). The predicted molar refractivity (Wildman–Crippen MR) is 60.2 cm³/mol. The highest BCUT2D eigenvalue weighted by Crippen LogP contribution is 2.09. The fraction of sp³-hybridized carbons (Fsp3) is 0.273. The number of carboxylic acids is 1. The van der Waals surface area contributed by atoms with Gasteiger partial charge in [0.25, 0.3) is 0 Å². The summed E-state index contributed by atoms with van der Waals surface area (Å²) in [6, 6.07) is 7.71. The van der Waals surface area contributed by atoms with Gasteiger partial charge < -0.3 is 5.11 Å². The van der Waals surface area contributed by atoms with E-state index in [1.54, 1.807) is 0 Å². The highest BCUT2D eigenvalue weighted by atomic mass is 16.4. The van der Waals surface area contributed by atoms with Crippen LogP contribution >= 0.6 is 0 Å². The van der Waals surface area contributed by atoms with E-state index in [4.69, 9.17) is 5.11 Å². The van der Waals surface area contributed by atoms with Crippen molar-refractivity contribution in [2.24, 2.45) is 5.10 Å². The topological polar surface area (TPSA) is 61.7 Å². The molecule has 0 unspecified atom stereocenters. The number of anilines is 1. The Morgan fingerprint density at radius 1 is 1.40 bits per heavy atom. The molecule has 4 nitrogen and oxygen atoms in total. The first kappa shape index (κ1) is 11.2. The predicted octanol–water partition coefficient (Wildman–Crippen LogP) is 2.12. The maximum absolute atomic E-state index is 10.5. The zero-order valence-electron chi connectivity index (χ0n) is 8.82. The Balaban J connectivity index is 2.66. The van der Waals surface area contributed by atoms with Gasteiger partial charge in [0.1, 0.15) is 5.71 Å². The Morgan fingerprint density at radius 3 is 2.47 bits per heavy atom. The van der Waals surface area contributed by atoms with Crippen molar-refractivity contribution in [2.75, 3.05) is 5.43 Å². The van der Waals surface area contributed by atoms with Gasteiger partial charge in [-0.3, -0.25) is 5.43 Å². The van der Waals surface area contributed by atoms with Gasteiger partial charge in [-0.25, -0.2) is 4.79 Å². The molecule has 0 amide bonds. The monoisotopic (exact) mass is 206 g/mol. The van der Waals surface area contributed by atoms with Crippen LogP contribution in [0.5, 0.6) is 0 Å². The van der Waals surface area contributed by atoms with Crippen LogP contribution in [0.2, 0.25) is 0 Å². The van der Waals surface area contributed by atoms with Gasteiger partial charge in [0.05, 0.1) is 5.69 Å². The number of carbonyl (C=O) groups is 1. The van der Waals surface area contributed by atoms with E-state index in [9.17, 15) is 4.79 Å². The molecule has 1 aromatic carbocycles. The van der Waals surface area contributed by atoms with Crippen LogP contribution < -0.4 is 5.43 Å². The van der Waals surface area contributed by atoms with Crippen molar-refractivity contribution >= 4 is 17.4 Å². The van der Waals surface area contributed by atoms with Crippen LogP contribution in [0.1, 0.15) is 19.4 Å². The lowest BCUT2D eigenvalue weighted by atomic mass is 10.2. The second-order valence-electron chi connectivity index (χ2n) is 3.16. The number of nitrogens with zero attached hydrogens (tertiary/aromatic N) is 1. The molecule has 1 aromatic rings. The Morgan fingerprint density at radius 2 is 2.00 bits per heavy atom. The lowest BCUT2D eigenvalue weighted by molar-refractivity contribution is -0.129. The van der Waals surface area contributed by atoms with E-state index in [1.165, 1.54) is 12.5 Å². The highest BCUT2D eigenvalue weighted by molar-refractivity contribution is 6.34. The zero-order chi connectivity index (χ0) is 11.3. The van der Waals surface area contributed by atoms with E-state index in [0.29, 0.717) is 0 Å². The van der Waals surface area contributed by atoms with Gasteiger partial charge >= 0.3 is 5.97 Å². The molecule has 0 atom stereocenters. The molecule has 0 radical (unpaired) electrons. The highest BCUT2D eigenvalue weighted by Gasteiger charge is 2.00. The van der Waals surface area contributed by atoms with Crippen molar-refractivity contribution in [3.05, 3.63) is 29.8 Å². The van der Waals surface area contributed by atoms with Gasteiger partial charge in [-0.15, -0.1) is 0 Å². The van der Waals surface area contributed by atoms with E-state index >= 15 is 0 Å². The molecule has 2 N–H and O–H groups in total. The van der Waals surface area contributed by atoms with Gasteiger partial charge in [-0.1, -0.05) is 19.1 Å². The van der Waals surface area contributed by atoms with Crippen molar-refractivity contribution in [3.8, 4) is 0 Å². The van der Waals surface area contributed by atoms with E-state index in [-0.39, 0.29) is 5.71 Å². The molecule has 0 fully saturated rings. The van der Waals surface area contributed by atoms with Crippen molar-refractivity contribution in [3.63, 3.8) is 0 Å². The van der Waals surface area contributed by atoms with Crippen LogP contribution in [0.25, 0.3) is 0 Å². The third-order valence-corrected chi connectivity index (χ3v) is 2.02. The summed E-state index contributed by atoms with van der Waals surface area (Å²) in [6.45, 7) is 3.52. The maximum atomic E-state index is 10.5. The van der Waals surface area contributed by atoms with Crippen molar-refractivity contribution in [2.45, 2.75) is 20.3 Å². The molecule has 0 spiro atoms. The van der Waals surface area contributed by atoms with Crippen LogP contribution in [-0.4, -0.2) is 16.8 Å². The second-order valence-corrected chi connectivity index (χ2v) is 3.16. The fourth-order valence-corrected chi connectivity index (χ4v) is 1.01. The number of nitrogens with one attached hydrogen (secondary N) is 1. The van der Waals surface area contributed by atoms with E-state index in [2.05, 4.69) is 17.5 Å². The minimum Gasteiger partial charge on any atom is -0.477 e. The number of hydrazone groups is 1. The molecule has 15 heavy (non-hydrogen) atoms. The van der Waals surface area contributed by atoms with Crippen molar-refractivity contribution < 1.29 is 9.90 Å². The summed E-state index contributed by atoms with van der Waals surface area (Å²) in [7, 11) is 0. The fourth-order valence-electron chi connectivity index (χ4n) is 1.01. The number of rotatable bonds is 4. The summed E-state index contributed by atoms with van der Waals surface area (Å²) in [4.78, 5) is 10.5. The normalized spacial score (nSPS) is 11.2. The Hall–Kier alpha value is -1.84. The number of aryl methyl sites for hydroxylation is 1. The number of hydrogen-bond donors (Lipinski definition) is 2. The molecule has 80 valence electrons. The number of aliphatic carboxylic acids is 1. The van der Waals surface area contributed by atoms with E-state index < -0.39 is 5.97 Å². The summed E-state index contributed by atoms with van der Waals surface area (Å²) in [6.07, 6.45) is 0.984. The summed E-state index contributed by atoms with van der Waals surface area (Å²) in [5.41, 5.74) is 4.74. The minimum atomic E-state index is -1.02. The first-order valence-corrected chi connectivity index (χ1v) is 4.76. The quantitative estimate of drug-likeness (QED) is 0.586. The number of hydrogen-bond acceptors (Lipinski definition) is 3. The Bertz CT molecular complexity index is 369. The molecular weight excluding hydrogens is 192 g/mol. The van der Waals surface area contributed by atoms with Crippen LogP contribution in [0.4, 0.5) is 5.69 Å². The molecule has 0 bridgehead atoms. The van der Waals surface area contributed by atoms with Gasteiger partial charge in [0.2, 0.25) is 0 Å². The summed E-state index contributed by atoms with van der Waals surface area (Å²) >= 11 is 0. The molecule has 0 aliphatic heterocycles. The molecule has 0 heterocycles. The second kappa shape index (κ2) is 5.14. The smallest absolute Gasteiger partial charge is 0.351 e. The molecule has 0 saturated carbocycles. The first-order valence-electron chi connectivity index (χ1n) is 4.76. The molecule has 0 aliphatic rings. The molecule has 4 heteroatoms. The Kier molecular flexibility index (Phi) is 3.85. The number of carboxylic acid groups (broad SMARTS) is 1. The van der Waals surface area contributed by atoms with Crippen LogP contribution in [0.3, 0.4) is 0 Å². The third-order valence-electron chi connectivity index (χ3n) is 2.02. The van der Waals surface area contributed by atoms with Gasteiger partial charge in [-0.2, -0.15) is 5.10 Å². The molecule has 0 aliphatic carbocycles. The standard InChI is InChI=1S/C11H14N2O2/c1-3-9-4-6-10(7-5-9)13-12-8(2)11(14)15/h4-7,13H,3H2,1-2H3,(H,14,15). The molecule has 0 aromatic heterocycles. The summed E-state index contributed by atoms with van der Waals surface area (Å²) < 4.78 is 0. The van der Waals surface area contributed by atoms with Crippen molar-refractivity contribution in [1.82, 2.24) is 0 Å². The van der Waals surface area contributed by atoms with Crippen LogP contribution in [-0.2, 0) is 11.2 Å². The third kappa shape index (κ3) is 3.42. The Labute approximate surface area is 88.6 Å². The van der Waals surface area contributed by atoms with E-state index in [0.717, 1.165) is 12.1 Å². The van der Waals surface area contributed by atoms with E-state index in [1.807, 2.05) is 24.3 Å². The largest absolute Gasteiger partial charge is 0.477 e. The summed E-state index contributed by atoms with van der Waals surface area (Å²) in [5.74, 6) is -1.02. The maximum Gasteiger partial charge on any atom is 0.351 e. The van der Waals surface area contributed by atoms with Crippen molar-refractivity contribution in [1.29, 1.82) is 0 Å². The average Bonchev–Trinajstić information content (AvgIpc) is 2.26. The molecule has 0 saturated heterocycles. The zero-order valence-corrected chi connectivity index (χ0v) is 8.82. The van der Waals surface area contributed by atoms with Crippen LogP contribution in [0.15, 0.2) is 29.4 Å². The van der Waals surface area contributed by atoms with Gasteiger partial charge in [0.15, 0.2) is 0 Å². The molecular formula is C11H14N2O2.